The van der Waals surface area contributed by atoms with E-state index in [1.54, 1.807) is 0 Å². The van der Waals surface area contributed by atoms with Gasteiger partial charge in [-0.05, 0) is 48.9 Å². The monoisotopic (exact) mass is 321 g/mol. The molecule has 0 spiro atoms. The molecule has 1 aromatic carbocycles. The molecule has 1 aromatic heterocycles. The fraction of sp³-hybridized carbons (Fsp3) is 0.400. The van der Waals surface area contributed by atoms with Crippen LogP contribution in [0, 0.1) is 13.8 Å². The van der Waals surface area contributed by atoms with E-state index in [1.807, 2.05) is 24.1 Å². The molecule has 2 rings (SSSR count). The normalized spacial score (nSPS) is 12.7. The van der Waals surface area contributed by atoms with Crippen molar-refractivity contribution in [2.24, 2.45) is 12.8 Å². The van der Waals surface area contributed by atoms with Crippen molar-refractivity contribution < 1.29 is 0 Å². The van der Waals surface area contributed by atoms with Crippen LogP contribution in [0.4, 0.5) is 0 Å². The van der Waals surface area contributed by atoms with E-state index in [1.165, 1.54) is 26.7 Å². The third-order valence-electron chi connectivity index (χ3n) is 3.39. The maximum atomic E-state index is 6.29. The van der Waals surface area contributed by atoms with Gasteiger partial charge in [-0.2, -0.15) is 5.10 Å². The molecule has 1 unspecified atom stereocenters. The van der Waals surface area contributed by atoms with Gasteiger partial charge in [-0.15, -0.1) is 0 Å². The molecule has 0 amide bonds. The van der Waals surface area contributed by atoms with E-state index in [0.717, 1.165) is 12.8 Å². The molecule has 0 aliphatic heterocycles. The van der Waals surface area contributed by atoms with Crippen LogP contribution in [0.15, 0.2) is 29.0 Å². The highest BCUT2D eigenvalue weighted by molar-refractivity contribution is 9.10. The molecule has 19 heavy (non-hydrogen) atoms. The third-order valence-corrected chi connectivity index (χ3v) is 4.64. The van der Waals surface area contributed by atoms with Gasteiger partial charge in [0.25, 0.3) is 0 Å². The van der Waals surface area contributed by atoms with E-state index in [9.17, 15) is 0 Å². The van der Waals surface area contributed by atoms with Crippen LogP contribution in [0.25, 0.3) is 0 Å². The first-order chi connectivity index (χ1) is 8.97. The van der Waals surface area contributed by atoms with Gasteiger partial charge >= 0.3 is 0 Å². The predicted molar refractivity (Wildman–Crippen MR) is 82.1 cm³/mol. The standard InChI is InChI=1S/C15H20BrN3/c1-10-6-13(7-11(2)15(10)16)14(17)5-4-12-8-18-19(3)9-12/h6-9,14H,4-5,17H2,1-3H3. The average molecular weight is 322 g/mol. The second kappa shape index (κ2) is 5.88. The first-order valence-corrected chi connectivity index (χ1v) is 7.26. The Balaban J connectivity index is 2.05. The van der Waals surface area contributed by atoms with Crippen molar-refractivity contribution >= 4 is 15.9 Å². The number of nitrogens with zero attached hydrogens (tertiary/aromatic N) is 2. The molecular weight excluding hydrogens is 302 g/mol. The van der Waals surface area contributed by atoms with Crippen molar-refractivity contribution in [3.8, 4) is 0 Å². The Kier molecular flexibility index (Phi) is 4.42. The number of hydrogen-bond acceptors (Lipinski definition) is 2. The smallest absolute Gasteiger partial charge is 0.0521 e. The van der Waals surface area contributed by atoms with Gasteiger partial charge in [0.05, 0.1) is 6.20 Å². The van der Waals surface area contributed by atoms with Gasteiger partial charge in [0.2, 0.25) is 0 Å². The maximum absolute atomic E-state index is 6.29. The first-order valence-electron chi connectivity index (χ1n) is 6.47. The van der Waals surface area contributed by atoms with Crippen LogP contribution in [0.3, 0.4) is 0 Å². The molecule has 0 saturated heterocycles. The topological polar surface area (TPSA) is 43.8 Å². The molecule has 1 atom stereocenters. The zero-order valence-corrected chi connectivity index (χ0v) is 13.2. The molecular formula is C15H20BrN3. The summed E-state index contributed by atoms with van der Waals surface area (Å²) in [6.45, 7) is 4.21. The third kappa shape index (κ3) is 3.45. The maximum Gasteiger partial charge on any atom is 0.0521 e. The summed E-state index contributed by atoms with van der Waals surface area (Å²) < 4.78 is 3.00. The van der Waals surface area contributed by atoms with Crippen LogP contribution >= 0.6 is 15.9 Å². The zero-order chi connectivity index (χ0) is 14.0. The summed E-state index contributed by atoms with van der Waals surface area (Å²) in [6.07, 6.45) is 5.85. The molecule has 0 aliphatic rings. The summed E-state index contributed by atoms with van der Waals surface area (Å²) in [5, 5.41) is 4.18. The van der Waals surface area contributed by atoms with Gasteiger partial charge < -0.3 is 5.73 Å². The number of aromatic nitrogens is 2. The van der Waals surface area contributed by atoms with Gasteiger partial charge in [0, 0.05) is 23.8 Å². The Morgan fingerprint density at radius 1 is 1.32 bits per heavy atom. The molecule has 0 radical (unpaired) electrons. The molecule has 2 aromatic rings. The van der Waals surface area contributed by atoms with Crippen molar-refractivity contribution in [1.82, 2.24) is 9.78 Å². The van der Waals surface area contributed by atoms with Gasteiger partial charge in [-0.3, -0.25) is 4.68 Å². The summed E-state index contributed by atoms with van der Waals surface area (Å²) in [7, 11) is 1.94. The lowest BCUT2D eigenvalue weighted by molar-refractivity contribution is 0.649. The highest BCUT2D eigenvalue weighted by atomic mass is 79.9. The molecule has 0 saturated carbocycles. The minimum absolute atomic E-state index is 0.0747. The fourth-order valence-electron chi connectivity index (χ4n) is 2.28. The van der Waals surface area contributed by atoms with E-state index in [4.69, 9.17) is 5.73 Å². The van der Waals surface area contributed by atoms with Crippen LogP contribution in [-0.2, 0) is 13.5 Å². The lowest BCUT2D eigenvalue weighted by atomic mass is 9.97. The lowest BCUT2D eigenvalue weighted by Crippen LogP contribution is -2.12. The largest absolute Gasteiger partial charge is 0.324 e. The van der Waals surface area contributed by atoms with Gasteiger partial charge in [-0.1, -0.05) is 28.1 Å². The van der Waals surface area contributed by atoms with E-state index in [2.05, 4.69) is 47.0 Å². The minimum atomic E-state index is 0.0747. The summed E-state index contributed by atoms with van der Waals surface area (Å²) in [5.74, 6) is 0. The van der Waals surface area contributed by atoms with Gasteiger partial charge in [0.1, 0.15) is 0 Å². The van der Waals surface area contributed by atoms with E-state index in [-0.39, 0.29) is 6.04 Å². The summed E-state index contributed by atoms with van der Waals surface area (Å²) >= 11 is 3.59. The Morgan fingerprint density at radius 2 is 1.95 bits per heavy atom. The Morgan fingerprint density at radius 3 is 2.47 bits per heavy atom. The number of rotatable bonds is 4. The first kappa shape index (κ1) is 14.3. The number of aryl methyl sites for hydroxylation is 4. The second-order valence-electron chi connectivity index (χ2n) is 5.14. The van der Waals surface area contributed by atoms with Crippen molar-refractivity contribution in [3.63, 3.8) is 0 Å². The van der Waals surface area contributed by atoms with Crippen LogP contribution in [0.2, 0.25) is 0 Å². The second-order valence-corrected chi connectivity index (χ2v) is 5.93. The summed E-state index contributed by atoms with van der Waals surface area (Å²) in [5.41, 5.74) is 11.2. The van der Waals surface area contributed by atoms with Gasteiger partial charge in [0.15, 0.2) is 0 Å². The van der Waals surface area contributed by atoms with Gasteiger partial charge in [-0.25, -0.2) is 0 Å². The highest BCUT2D eigenvalue weighted by Crippen LogP contribution is 2.26. The fourth-order valence-corrected chi connectivity index (χ4v) is 2.51. The van der Waals surface area contributed by atoms with Crippen LogP contribution in [0.1, 0.15) is 34.7 Å². The quantitative estimate of drug-likeness (QED) is 0.937. The molecule has 0 bridgehead atoms. The summed E-state index contributed by atoms with van der Waals surface area (Å²) in [4.78, 5) is 0. The Bertz CT molecular complexity index is 552. The number of benzene rings is 1. The number of halogens is 1. The van der Waals surface area contributed by atoms with Crippen molar-refractivity contribution in [1.29, 1.82) is 0 Å². The minimum Gasteiger partial charge on any atom is -0.324 e. The zero-order valence-electron chi connectivity index (χ0n) is 11.7. The number of nitrogens with two attached hydrogens (primary N) is 1. The van der Waals surface area contributed by atoms with Crippen LogP contribution in [-0.4, -0.2) is 9.78 Å². The van der Waals surface area contributed by atoms with Crippen molar-refractivity contribution in [3.05, 3.63) is 51.3 Å². The molecule has 1 heterocycles. The Labute approximate surface area is 122 Å². The molecule has 102 valence electrons. The molecule has 0 aliphatic carbocycles. The highest BCUT2D eigenvalue weighted by Gasteiger charge is 2.10. The van der Waals surface area contributed by atoms with Crippen molar-refractivity contribution in [2.75, 3.05) is 0 Å². The predicted octanol–water partition coefficient (Wildman–Crippen LogP) is 3.43. The average Bonchev–Trinajstić information content (AvgIpc) is 2.78. The van der Waals surface area contributed by atoms with E-state index < -0.39 is 0 Å². The van der Waals surface area contributed by atoms with Crippen LogP contribution in [0.5, 0.6) is 0 Å². The Hall–Kier alpha value is -1.13. The SMILES string of the molecule is Cc1cc(C(N)CCc2cnn(C)c2)cc(C)c1Br. The molecule has 4 heteroatoms. The van der Waals surface area contributed by atoms with Crippen LogP contribution < -0.4 is 5.73 Å². The molecule has 0 fully saturated rings. The summed E-state index contributed by atoms with van der Waals surface area (Å²) in [6, 6.07) is 4.42. The van der Waals surface area contributed by atoms with E-state index >= 15 is 0 Å². The van der Waals surface area contributed by atoms with Crippen molar-refractivity contribution in [2.45, 2.75) is 32.7 Å². The van der Waals surface area contributed by atoms with E-state index in [0.29, 0.717) is 0 Å². The number of hydrogen-bond donors (Lipinski definition) is 1. The lowest BCUT2D eigenvalue weighted by Gasteiger charge is -2.14. The molecule has 3 nitrogen and oxygen atoms in total. The molecule has 2 N–H and O–H groups in total.